The Morgan fingerprint density at radius 3 is 2.50 bits per heavy atom. The lowest BCUT2D eigenvalue weighted by Crippen LogP contribution is -2.49. The Hall–Kier alpha value is -5.40. The Labute approximate surface area is 273 Å². The van der Waals surface area contributed by atoms with Gasteiger partial charge in [0.05, 0.1) is 41.4 Å². The van der Waals surface area contributed by atoms with E-state index in [0.717, 1.165) is 19.3 Å². The van der Waals surface area contributed by atoms with Crippen LogP contribution in [0.4, 0.5) is 30.4 Å². The van der Waals surface area contributed by atoms with Crippen molar-refractivity contribution in [2.45, 2.75) is 23.7 Å². The number of nitrogens with one attached hydrogen (secondary N) is 2. The molecule has 0 bridgehead atoms. The number of anilines is 3. The van der Waals surface area contributed by atoms with Crippen molar-refractivity contribution in [3.63, 3.8) is 0 Å². The number of benzene rings is 2. The van der Waals surface area contributed by atoms with E-state index in [1.807, 2.05) is 11.0 Å². The normalized spacial score (nSPS) is 17.9. The number of nitriles is 1. The van der Waals surface area contributed by atoms with E-state index in [2.05, 4.69) is 25.3 Å². The highest BCUT2D eigenvalue weighted by atomic mass is 32.2. The van der Waals surface area contributed by atoms with Crippen molar-refractivity contribution in [2.24, 2.45) is 0 Å². The number of carbonyl (C=O) groups excluding carboxylic acids is 1. The van der Waals surface area contributed by atoms with E-state index in [9.17, 15) is 31.6 Å². The number of fused-ring (bicyclic) bond motifs is 1. The predicted octanol–water partition coefficient (Wildman–Crippen LogP) is 4.15. The number of aromatic nitrogens is 2. The Morgan fingerprint density at radius 2 is 1.81 bits per heavy atom. The van der Waals surface area contributed by atoms with Crippen molar-refractivity contribution in [1.82, 2.24) is 15.3 Å². The van der Waals surface area contributed by atoms with Crippen LogP contribution in [-0.4, -0.2) is 63.4 Å². The number of carbonyl (C=O) groups is 1. The van der Waals surface area contributed by atoms with Gasteiger partial charge in [-0.3, -0.25) is 4.79 Å². The summed E-state index contributed by atoms with van der Waals surface area (Å²) in [5, 5.41) is 16.1. The lowest BCUT2D eigenvalue weighted by molar-refractivity contribution is -0.276. The van der Waals surface area contributed by atoms with Crippen LogP contribution in [0.5, 0.6) is 11.6 Å². The van der Waals surface area contributed by atoms with Gasteiger partial charge in [-0.15, -0.1) is 13.2 Å². The molecule has 16 heteroatoms. The van der Waals surface area contributed by atoms with Gasteiger partial charge < -0.3 is 25.0 Å². The van der Waals surface area contributed by atoms with E-state index in [1.54, 1.807) is 25.1 Å². The Kier molecular flexibility index (Phi) is 8.58. The van der Waals surface area contributed by atoms with Crippen LogP contribution in [0.3, 0.4) is 0 Å². The summed E-state index contributed by atoms with van der Waals surface area (Å²) in [5.74, 6) is -1.62. The molecule has 248 valence electrons. The average Bonchev–Trinajstić information content (AvgIpc) is 3.32. The van der Waals surface area contributed by atoms with Gasteiger partial charge in [0.25, 0.3) is 15.9 Å². The van der Waals surface area contributed by atoms with Crippen LogP contribution in [0.2, 0.25) is 0 Å². The minimum Gasteiger partial charge on any atom is -0.492 e. The summed E-state index contributed by atoms with van der Waals surface area (Å²) >= 11 is 0. The van der Waals surface area contributed by atoms with E-state index >= 15 is 0 Å². The molecule has 4 heterocycles. The quantitative estimate of drug-likeness (QED) is 0.263. The molecule has 1 atom stereocenters. The molecule has 1 unspecified atom stereocenters. The molecule has 2 aromatic carbocycles. The fourth-order valence-electron chi connectivity index (χ4n) is 5.81. The number of ether oxygens (including phenoxy) is 2. The summed E-state index contributed by atoms with van der Waals surface area (Å²) < 4.78 is 80.5. The molecule has 0 aliphatic carbocycles. The number of alkyl halides is 3. The molecule has 2 aliphatic heterocycles. The molecule has 1 fully saturated rings. The predicted molar refractivity (Wildman–Crippen MR) is 168 cm³/mol. The van der Waals surface area contributed by atoms with Crippen LogP contribution >= 0.6 is 0 Å². The number of halogens is 3. The zero-order valence-electron chi connectivity index (χ0n) is 25.4. The number of hydrogen-bond donors (Lipinski definition) is 2. The first-order chi connectivity index (χ1) is 23.0. The standard InChI is InChI=1S/C32H28F3N7O5S/c1-2-46-26-7-3-4-8-27(26)48(44,45)42-25-11-9-21(19-36)18-24(25)31(30(42)43,23-6-5-13-38-29(23)47-32(33,34)35)40-22-10-12-28(39-20-22)41-16-14-37-15-17-41/h3-13,18,20,37,40H,2,14-17H2,1H3. The molecule has 0 saturated carbocycles. The molecule has 2 N–H and O–H groups in total. The van der Waals surface area contributed by atoms with E-state index in [4.69, 9.17) is 4.74 Å². The Bertz CT molecular complexity index is 2000. The highest BCUT2D eigenvalue weighted by Gasteiger charge is 2.58. The molecule has 1 saturated heterocycles. The minimum atomic E-state index is -5.22. The zero-order chi connectivity index (χ0) is 34.1. The molecular weight excluding hydrogens is 651 g/mol. The highest BCUT2D eigenvalue weighted by molar-refractivity contribution is 7.93. The maximum Gasteiger partial charge on any atom is 0.574 e. The fraction of sp³-hybridized carbons (Fsp3) is 0.250. The van der Waals surface area contributed by atoms with Crippen molar-refractivity contribution < 1.29 is 35.9 Å². The zero-order valence-corrected chi connectivity index (χ0v) is 26.2. The lowest BCUT2D eigenvalue weighted by atomic mass is 9.83. The summed E-state index contributed by atoms with van der Waals surface area (Å²) in [5.41, 5.74) is -3.03. The first kappa shape index (κ1) is 32.5. The van der Waals surface area contributed by atoms with E-state index in [-0.39, 0.29) is 39.8 Å². The molecule has 0 spiro atoms. The number of hydrogen-bond acceptors (Lipinski definition) is 11. The van der Waals surface area contributed by atoms with Crippen LogP contribution < -0.4 is 29.3 Å². The van der Waals surface area contributed by atoms with E-state index in [0.29, 0.717) is 23.2 Å². The number of para-hydroxylation sites is 1. The topological polar surface area (TPSA) is 150 Å². The number of pyridine rings is 2. The van der Waals surface area contributed by atoms with Crippen LogP contribution in [0.25, 0.3) is 0 Å². The smallest absolute Gasteiger partial charge is 0.492 e. The van der Waals surface area contributed by atoms with Crippen LogP contribution in [0.1, 0.15) is 23.6 Å². The van der Waals surface area contributed by atoms with Crippen molar-refractivity contribution >= 4 is 33.1 Å². The maximum atomic E-state index is 15.0. The van der Waals surface area contributed by atoms with Gasteiger partial charge in [-0.05, 0) is 61.5 Å². The van der Waals surface area contributed by atoms with Gasteiger partial charge in [0, 0.05) is 37.9 Å². The second kappa shape index (κ2) is 12.7. The second-order valence-electron chi connectivity index (χ2n) is 10.7. The summed E-state index contributed by atoms with van der Waals surface area (Å²) in [6, 6.07) is 17.2. The van der Waals surface area contributed by atoms with E-state index < -0.39 is 39.3 Å². The molecular formula is C32H28F3N7O5S. The van der Waals surface area contributed by atoms with Gasteiger partial charge in [0.2, 0.25) is 5.88 Å². The number of rotatable bonds is 9. The number of sulfonamides is 1. The maximum absolute atomic E-state index is 15.0. The summed E-state index contributed by atoms with van der Waals surface area (Å²) in [6.07, 6.45) is -2.79. The number of amides is 1. The third kappa shape index (κ3) is 5.82. The molecule has 4 aromatic rings. The largest absolute Gasteiger partial charge is 0.574 e. The first-order valence-electron chi connectivity index (χ1n) is 14.8. The molecule has 12 nitrogen and oxygen atoms in total. The molecule has 6 rings (SSSR count). The van der Waals surface area contributed by atoms with Crippen molar-refractivity contribution in [1.29, 1.82) is 5.26 Å². The molecule has 48 heavy (non-hydrogen) atoms. The second-order valence-corrected chi connectivity index (χ2v) is 12.5. The monoisotopic (exact) mass is 679 g/mol. The van der Waals surface area contributed by atoms with Gasteiger partial charge in [-0.1, -0.05) is 12.1 Å². The van der Waals surface area contributed by atoms with Gasteiger partial charge in [0.1, 0.15) is 16.5 Å². The highest BCUT2D eigenvalue weighted by Crippen LogP contribution is 2.51. The van der Waals surface area contributed by atoms with Crippen molar-refractivity contribution in [2.75, 3.05) is 47.3 Å². The van der Waals surface area contributed by atoms with Crippen LogP contribution in [-0.2, 0) is 20.4 Å². The van der Waals surface area contributed by atoms with Gasteiger partial charge in [-0.25, -0.2) is 18.4 Å². The first-order valence-corrected chi connectivity index (χ1v) is 16.2. The van der Waals surface area contributed by atoms with Gasteiger partial charge >= 0.3 is 6.36 Å². The number of nitrogens with zero attached hydrogens (tertiary/aromatic N) is 5. The molecule has 1 amide bonds. The minimum absolute atomic E-state index is 0.0102. The third-order valence-electron chi connectivity index (χ3n) is 7.83. The molecule has 2 aromatic heterocycles. The summed E-state index contributed by atoms with van der Waals surface area (Å²) in [6.45, 7) is 4.64. The fourth-order valence-corrected chi connectivity index (χ4v) is 7.41. The number of piperazine rings is 1. The van der Waals surface area contributed by atoms with Crippen molar-refractivity contribution in [3.8, 4) is 17.7 Å². The van der Waals surface area contributed by atoms with Gasteiger partial charge in [-0.2, -0.15) is 9.57 Å². The average molecular weight is 680 g/mol. The summed E-state index contributed by atoms with van der Waals surface area (Å²) in [7, 11) is -4.79. The molecule has 2 aliphatic rings. The SMILES string of the molecule is CCOc1ccccc1S(=O)(=O)N1C(=O)C(Nc2ccc(N3CCNCC3)nc2)(c2cccnc2OC(F)(F)F)c2cc(C#N)ccc21. The van der Waals surface area contributed by atoms with Crippen molar-refractivity contribution in [3.05, 3.63) is 95.8 Å². The third-order valence-corrected chi connectivity index (χ3v) is 9.57. The lowest BCUT2D eigenvalue weighted by Gasteiger charge is -2.33. The van der Waals surface area contributed by atoms with E-state index in [1.165, 1.54) is 54.7 Å². The van der Waals surface area contributed by atoms with Crippen LogP contribution in [0, 0.1) is 11.3 Å². The van der Waals surface area contributed by atoms with Crippen LogP contribution in [0.15, 0.2) is 84.0 Å². The molecule has 0 radical (unpaired) electrons. The summed E-state index contributed by atoms with van der Waals surface area (Å²) in [4.78, 5) is 24.9. The Balaban J connectivity index is 1.59. The Morgan fingerprint density at radius 1 is 1.04 bits per heavy atom. The van der Waals surface area contributed by atoms with Gasteiger partial charge in [0.15, 0.2) is 5.54 Å².